The summed E-state index contributed by atoms with van der Waals surface area (Å²) in [6.45, 7) is 3.12. The zero-order chi connectivity index (χ0) is 13.1. The molecule has 0 bridgehead atoms. The molecule has 2 rings (SSSR count). The fraction of sp³-hybridized carbons (Fsp3) is 0.417. The maximum Gasteiger partial charge on any atom is 0.253 e. The molecule has 4 nitrogen and oxygen atoms in total. The van der Waals surface area contributed by atoms with Crippen molar-refractivity contribution in [3.63, 3.8) is 0 Å². The SMILES string of the molecule is CCOCC(=O)N1CCOc2cc(F)c(Br)cc21. The van der Waals surface area contributed by atoms with Gasteiger partial charge < -0.3 is 14.4 Å². The lowest BCUT2D eigenvalue weighted by Crippen LogP contribution is -2.40. The van der Waals surface area contributed by atoms with Crippen molar-refractivity contribution in [3.8, 4) is 5.75 Å². The number of benzene rings is 1. The number of fused-ring (bicyclic) bond motifs is 1. The van der Waals surface area contributed by atoms with E-state index in [0.29, 0.717) is 35.7 Å². The number of nitrogens with zero attached hydrogens (tertiary/aromatic N) is 1. The van der Waals surface area contributed by atoms with E-state index in [1.165, 1.54) is 6.07 Å². The largest absolute Gasteiger partial charge is 0.489 e. The molecule has 1 aliphatic heterocycles. The third kappa shape index (κ3) is 2.64. The van der Waals surface area contributed by atoms with Gasteiger partial charge in [0.25, 0.3) is 5.91 Å². The predicted molar refractivity (Wildman–Crippen MR) is 68.4 cm³/mol. The van der Waals surface area contributed by atoms with Gasteiger partial charge in [0.05, 0.1) is 16.7 Å². The first-order valence-corrected chi connectivity index (χ1v) is 6.42. The lowest BCUT2D eigenvalue weighted by atomic mass is 10.2. The summed E-state index contributed by atoms with van der Waals surface area (Å²) in [6, 6.07) is 2.83. The summed E-state index contributed by atoms with van der Waals surface area (Å²) in [5.41, 5.74) is 0.569. The summed E-state index contributed by atoms with van der Waals surface area (Å²) in [5.74, 6) is -0.181. The number of amides is 1. The van der Waals surface area contributed by atoms with Gasteiger partial charge in [-0.05, 0) is 28.9 Å². The zero-order valence-corrected chi connectivity index (χ0v) is 11.5. The van der Waals surface area contributed by atoms with Gasteiger partial charge in [-0.15, -0.1) is 0 Å². The van der Waals surface area contributed by atoms with Crippen molar-refractivity contribution < 1.29 is 18.7 Å². The van der Waals surface area contributed by atoms with Crippen molar-refractivity contribution in [2.24, 2.45) is 0 Å². The molecule has 1 aliphatic rings. The first-order chi connectivity index (χ1) is 8.63. The zero-order valence-electron chi connectivity index (χ0n) is 9.91. The fourth-order valence-corrected chi connectivity index (χ4v) is 2.07. The number of hydrogen-bond acceptors (Lipinski definition) is 3. The molecule has 1 aromatic rings. The Morgan fingerprint density at radius 2 is 2.39 bits per heavy atom. The molecule has 0 spiro atoms. The van der Waals surface area contributed by atoms with Crippen LogP contribution < -0.4 is 9.64 Å². The first kappa shape index (κ1) is 13.3. The predicted octanol–water partition coefficient (Wildman–Crippen LogP) is 2.35. The molecule has 0 atom stereocenters. The molecule has 0 saturated heterocycles. The summed E-state index contributed by atoms with van der Waals surface area (Å²) < 4.78 is 24.1. The quantitative estimate of drug-likeness (QED) is 0.859. The minimum Gasteiger partial charge on any atom is -0.489 e. The van der Waals surface area contributed by atoms with Crippen molar-refractivity contribution in [1.82, 2.24) is 0 Å². The summed E-state index contributed by atoms with van der Waals surface area (Å²) in [6.07, 6.45) is 0. The van der Waals surface area contributed by atoms with E-state index in [2.05, 4.69) is 15.9 Å². The fourth-order valence-electron chi connectivity index (χ4n) is 1.74. The third-order valence-electron chi connectivity index (χ3n) is 2.60. The van der Waals surface area contributed by atoms with Crippen LogP contribution in [0, 0.1) is 5.82 Å². The molecule has 98 valence electrons. The highest BCUT2D eigenvalue weighted by Crippen LogP contribution is 2.35. The number of halogens is 2. The normalized spacial score (nSPS) is 14.1. The van der Waals surface area contributed by atoms with Crippen molar-refractivity contribution in [1.29, 1.82) is 0 Å². The highest BCUT2D eigenvalue weighted by molar-refractivity contribution is 9.10. The third-order valence-corrected chi connectivity index (χ3v) is 3.20. The Hall–Kier alpha value is -1.14. The minimum absolute atomic E-state index is 0.0188. The van der Waals surface area contributed by atoms with Crippen LogP contribution in [0.2, 0.25) is 0 Å². The van der Waals surface area contributed by atoms with Gasteiger partial charge in [0.1, 0.15) is 24.8 Å². The van der Waals surface area contributed by atoms with Gasteiger partial charge in [-0.25, -0.2) is 4.39 Å². The summed E-state index contributed by atoms with van der Waals surface area (Å²) in [4.78, 5) is 13.5. The average molecular weight is 318 g/mol. The molecule has 6 heteroatoms. The summed E-state index contributed by atoms with van der Waals surface area (Å²) >= 11 is 3.10. The van der Waals surface area contributed by atoms with Crippen molar-refractivity contribution >= 4 is 27.5 Å². The van der Waals surface area contributed by atoms with Crippen molar-refractivity contribution in [2.75, 3.05) is 31.3 Å². The molecular formula is C12H13BrFNO3. The molecule has 0 fully saturated rings. The van der Waals surface area contributed by atoms with Gasteiger partial charge >= 0.3 is 0 Å². The molecule has 0 unspecified atom stereocenters. The van der Waals surface area contributed by atoms with Gasteiger partial charge in [0.15, 0.2) is 0 Å². The van der Waals surface area contributed by atoms with E-state index in [4.69, 9.17) is 9.47 Å². The average Bonchev–Trinajstić information content (AvgIpc) is 2.36. The van der Waals surface area contributed by atoms with Gasteiger partial charge in [-0.2, -0.15) is 0 Å². The molecule has 0 radical (unpaired) electrons. The second-order valence-electron chi connectivity index (χ2n) is 3.77. The van der Waals surface area contributed by atoms with E-state index < -0.39 is 5.82 Å². The van der Waals surface area contributed by atoms with Gasteiger partial charge in [0, 0.05) is 12.7 Å². The second kappa shape index (κ2) is 5.67. The highest BCUT2D eigenvalue weighted by Gasteiger charge is 2.25. The lowest BCUT2D eigenvalue weighted by Gasteiger charge is -2.29. The van der Waals surface area contributed by atoms with Crippen LogP contribution in [-0.2, 0) is 9.53 Å². The Kier molecular flexibility index (Phi) is 4.19. The molecule has 0 saturated carbocycles. The lowest BCUT2D eigenvalue weighted by molar-refractivity contribution is -0.123. The van der Waals surface area contributed by atoms with E-state index in [-0.39, 0.29) is 12.5 Å². The van der Waals surface area contributed by atoms with Crippen LogP contribution in [0.3, 0.4) is 0 Å². The molecule has 18 heavy (non-hydrogen) atoms. The minimum atomic E-state index is -0.409. The first-order valence-electron chi connectivity index (χ1n) is 5.63. The number of carbonyl (C=O) groups excluding carboxylic acids is 1. The van der Waals surface area contributed by atoms with Crippen LogP contribution in [0.15, 0.2) is 16.6 Å². The van der Waals surface area contributed by atoms with Crippen molar-refractivity contribution in [3.05, 3.63) is 22.4 Å². The summed E-state index contributed by atoms with van der Waals surface area (Å²) in [7, 11) is 0. The highest BCUT2D eigenvalue weighted by atomic mass is 79.9. The van der Waals surface area contributed by atoms with Crippen LogP contribution in [0.25, 0.3) is 0 Å². The molecule has 1 aromatic carbocycles. The smallest absolute Gasteiger partial charge is 0.253 e. The van der Waals surface area contributed by atoms with E-state index >= 15 is 0 Å². The van der Waals surface area contributed by atoms with E-state index in [0.717, 1.165) is 0 Å². The van der Waals surface area contributed by atoms with Crippen LogP contribution in [0.1, 0.15) is 6.92 Å². The molecule has 1 amide bonds. The number of rotatable bonds is 3. The Morgan fingerprint density at radius 1 is 1.61 bits per heavy atom. The molecule has 0 aromatic heterocycles. The van der Waals surface area contributed by atoms with Crippen LogP contribution in [0.4, 0.5) is 10.1 Å². The van der Waals surface area contributed by atoms with Crippen LogP contribution in [0.5, 0.6) is 5.75 Å². The number of carbonyl (C=O) groups is 1. The molecule has 0 aliphatic carbocycles. The van der Waals surface area contributed by atoms with Gasteiger partial charge in [0.2, 0.25) is 0 Å². The Morgan fingerprint density at radius 3 is 3.11 bits per heavy atom. The number of anilines is 1. The van der Waals surface area contributed by atoms with E-state index in [9.17, 15) is 9.18 Å². The maximum absolute atomic E-state index is 13.4. The molecular weight excluding hydrogens is 305 g/mol. The van der Waals surface area contributed by atoms with E-state index in [1.54, 1.807) is 11.0 Å². The van der Waals surface area contributed by atoms with Crippen LogP contribution >= 0.6 is 15.9 Å². The monoisotopic (exact) mass is 317 g/mol. The number of ether oxygens (including phenoxy) is 2. The van der Waals surface area contributed by atoms with Gasteiger partial charge in [-0.1, -0.05) is 0 Å². The van der Waals surface area contributed by atoms with E-state index in [1.807, 2.05) is 6.92 Å². The molecule has 0 N–H and O–H groups in total. The molecule has 1 heterocycles. The number of hydrogen-bond donors (Lipinski definition) is 0. The van der Waals surface area contributed by atoms with Crippen LogP contribution in [-0.4, -0.2) is 32.3 Å². The standard InChI is InChI=1S/C12H13BrFNO3/c1-2-17-7-12(16)15-3-4-18-11-6-9(14)8(13)5-10(11)15/h5-6H,2-4,7H2,1H3. The Labute approximate surface area is 113 Å². The topological polar surface area (TPSA) is 38.8 Å². The summed E-state index contributed by atoms with van der Waals surface area (Å²) in [5, 5.41) is 0. The maximum atomic E-state index is 13.4. The second-order valence-corrected chi connectivity index (χ2v) is 4.62. The Balaban J connectivity index is 2.27. The van der Waals surface area contributed by atoms with Crippen molar-refractivity contribution in [2.45, 2.75) is 6.92 Å². The van der Waals surface area contributed by atoms with Gasteiger partial charge in [-0.3, -0.25) is 4.79 Å². The Bertz CT molecular complexity index is 467.